The van der Waals surface area contributed by atoms with E-state index in [-0.39, 0.29) is 5.92 Å². The highest BCUT2D eigenvalue weighted by Crippen LogP contribution is 2.08. The minimum Gasteiger partial charge on any atom is -0.480 e. The lowest BCUT2D eigenvalue weighted by Crippen LogP contribution is -2.44. The van der Waals surface area contributed by atoms with Crippen molar-refractivity contribution in [3.8, 4) is 0 Å². The van der Waals surface area contributed by atoms with Gasteiger partial charge in [0.2, 0.25) is 0 Å². The van der Waals surface area contributed by atoms with Gasteiger partial charge in [0.05, 0.1) is 5.84 Å². The van der Waals surface area contributed by atoms with Gasteiger partial charge < -0.3 is 10.4 Å². The van der Waals surface area contributed by atoms with Crippen molar-refractivity contribution in [2.24, 2.45) is 10.9 Å². The highest BCUT2D eigenvalue weighted by molar-refractivity contribution is 5.87. The molecule has 1 aliphatic heterocycles. The molecule has 4 nitrogen and oxygen atoms in total. The van der Waals surface area contributed by atoms with Crippen molar-refractivity contribution in [1.82, 2.24) is 5.32 Å². The Balaban J connectivity index is 2.56. The monoisotopic (exact) mass is 212 g/mol. The Labute approximate surface area is 90.8 Å². The molecule has 0 spiro atoms. The number of aliphatic imine (C=N–C) groups is 1. The van der Waals surface area contributed by atoms with E-state index in [1.165, 1.54) is 6.42 Å². The summed E-state index contributed by atoms with van der Waals surface area (Å²) < 4.78 is 0. The van der Waals surface area contributed by atoms with Crippen molar-refractivity contribution in [3.05, 3.63) is 0 Å². The molecule has 1 heterocycles. The second-order valence-electron chi connectivity index (χ2n) is 4.34. The molecule has 0 saturated carbocycles. The third-order valence-electron chi connectivity index (χ3n) is 2.63. The van der Waals surface area contributed by atoms with Gasteiger partial charge in [-0.05, 0) is 18.8 Å². The summed E-state index contributed by atoms with van der Waals surface area (Å²) in [5.41, 5.74) is 0. The Morgan fingerprint density at radius 1 is 1.40 bits per heavy atom. The average molecular weight is 212 g/mol. The molecular formula is C11H20N2O2. The van der Waals surface area contributed by atoms with Crippen molar-refractivity contribution >= 4 is 11.8 Å². The molecule has 0 aromatic rings. The Kier molecular flexibility index (Phi) is 4.59. The number of aliphatic carboxylic acids is 1. The quantitative estimate of drug-likeness (QED) is 0.748. The molecule has 0 amide bonds. The number of hydrogen-bond donors (Lipinski definition) is 2. The van der Waals surface area contributed by atoms with Gasteiger partial charge >= 0.3 is 5.97 Å². The summed E-state index contributed by atoms with van der Waals surface area (Å²) in [5.74, 6) is 0.152. The lowest BCUT2D eigenvalue weighted by Gasteiger charge is -2.19. The lowest BCUT2D eigenvalue weighted by molar-refractivity contribution is -0.140. The van der Waals surface area contributed by atoms with Gasteiger partial charge in [-0.2, -0.15) is 0 Å². The molecular weight excluding hydrogens is 192 g/mol. The van der Waals surface area contributed by atoms with Crippen LogP contribution in [0.2, 0.25) is 0 Å². The Hall–Kier alpha value is -1.06. The van der Waals surface area contributed by atoms with Crippen LogP contribution < -0.4 is 5.32 Å². The number of carboxylic acids is 1. The molecule has 0 fully saturated rings. The van der Waals surface area contributed by atoms with Crippen LogP contribution >= 0.6 is 0 Å². The predicted octanol–water partition coefficient (Wildman–Crippen LogP) is 1.66. The first-order valence-corrected chi connectivity index (χ1v) is 5.64. The van der Waals surface area contributed by atoms with Gasteiger partial charge in [0.1, 0.15) is 6.04 Å². The van der Waals surface area contributed by atoms with Gasteiger partial charge in [-0.25, -0.2) is 4.79 Å². The first-order valence-electron chi connectivity index (χ1n) is 5.64. The number of hydrogen-bond acceptors (Lipinski definition) is 3. The Bertz CT molecular complexity index is 249. The topological polar surface area (TPSA) is 61.7 Å². The van der Waals surface area contributed by atoms with E-state index in [9.17, 15) is 4.79 Å². The van der Waals surface area contributed by atoms with E-state index in [1.807, 2.05) is 13.8 Å². The van der Waals surface area contributed by atoms with E-state index in [4.69, 9.17) is 5.11 Å². The van der Waals surface area contributed by atoms with Crippen LogP contribution in [0.5, 0.6) is 0 Å². The SMILES string of the molecule is CC(C)C(NC1=NCCCCC1)C(=O)O. The van der Waals surface area contributed by atoms with Crippen molar-refractivity contribution in [1.29, 1.82) is 0 Å². The van der Waals surface area contributed by atoms with Gasteiger partial charge in [0.25, 0.3) is 0 Å². The highest BCUT2D eigenvalue weighted by Gasteiger charge is 2.22. The fraction of sp³-hybridized carbons (Fsp3) is 0.818. The van der Waals surface area contributed by atoms with Crippen molar-refractivity contribution in [2.45, 2.75) is 45.6 Å². The number of amidine groups is 1. The van der Waals surface area contributed by atoms with Crippen LogP contribution in [0.3, 0.4) is 0 Å². The molecule has 0 aromatic heterocycles. The molecule has 1 unspecified atom stereocenters. The Morgan fingerprint density at radius 2 is 2.13 bits per heavy atom. The third-order valence-corrected chi connectivity index (χ3v) is 2.63. The lowest BCUT2D eigenvalue weighted by atomic mass is 10.0. The number of carboxylic acid groups (broad SMARTS) is 1. The van der Waals surface area contributed by atoms with E-state index in [0.29, 0.717) is 0 Å². The number of nitrogens with one attached hydrogen (secondary N) is 1. The molecule has 4 heteroatoms. The first kappa shape index (κ1) is 12.0. The molecule has 15 heavy (non-hydrogen) atoms. The molecule has 0 aromatic carbocycles. The second kappa shape index (κ2) is 5.73. The van der Waals surface area contributed by atoms with Crippen LogP contribution in [-0.4, -0.2) is 29.5 Å². The molecule has 0 bridgehead atoms. The van der Waals surface area contributed by atoms with Gasteiger partial charge in [-0.15, -0.1) is 0 Å². The third kappa shape index (κ3) is 3.90. The fourth-order valence-electron chi connectivity index (χ4n) is 1.68. The standard InChI is InChI=1S/C11H20N2O2/c1-8(2)10(11(14)15)13-9-6-4-3-5-7-12-9/h8,10H,3-7H2,1-2H3,(H,12,13)(H,14,15). The van der Waals surface area contributed by atoms with Gasteiger partial charge in [-0.3, -0.25) is 4.99 Å². The summed E-state index contributed by atoms with van der Waals surface area (Å²) >= 11 is 0. The van der Waals surface area contributed by atoms with E-state index in [2.05, 4.69) is 10.3 Å². The van der Waals surface area contributed by atoms with Crippen molar-refractivity contribution < 1.29 is 9.90 Å². The van der Waals surface area contributed by atoms with Crippen LogP contribution in [0.4, 0.5) is 0 Å². The van der Waals surface area contributed by atoms with Crippen molar-refractivity contribution in [2.75, 3.05) is 6.54 Å². The zero-order valence-corrected chi connectivity index (χ0v) is 9.49. The van der Waals surface area contributed by atoms with E-state index in [0.717, 1.165) is 31.6 Å². The smallest absolute Gasteiger partial charge is 0.326 e. The largest absolute Gasteiger partial charge is 0.480 e. The molecule has 0 saturated heterocycles. The predicted molar refractivity (Wildman–Crippen MR) is 60.2 cm³/mol. The molecule has 0 aliphatic carbocycles. The summed E-state index contributed by atoms with van der Waals surface area (Å²) in [6.07, 6.45) is 4.30. The molecule has 1 atom stereocenters. The van der Waals surface area contributed by atoms with Gasteiger partial charge in [-0.1, -0.05) is 20.3 Å². The molecule has 86 valence electrons. The van der Waals surface area contributed by atoms with E-state index >= 15 is 0 Å². The van der Waals surface area contributed by atoms with Crippen LogP contribution in [0.1, 0.15) is 39.5 Å². The van der Waals surface area contributed by atoms with Crippen LogP contribution in [-0.2, 0) is 4.79 Å². The summed E-state index contributed by atoms with van der Waals surface area (Å²) in [7, 11) is 0. The minimum absolute atomic E-state index is 0.0773. The maximum Gasteiger partial charge on any atom is 0.326 e. The number of carbonyl (C=O) groups is 1. The number of rotatable bonds is 3. The first-order chi connectivity index (χ1) is 7.11. The molecule has 1 rings (SSSR count). The number of nitrogens with zero attached hydrogens (tertiary/aromatic N) is 1. The summed E-state index contributed by atoms with van der Waals surface area (Å²) in [6.45, 7) is 4.64. The minimum atomic E-state index is -0.794. The van der Waals surface area contributed by atoms with E-state index in [1.54, 1.807) is 0 Å². The average Bonchev–Trinajstić information content (AvgIpc) is 2.41. The fourth-order valence-corrected chi connectivity index (χ4v) is 1.68. The molecule has 0 radical (unpaired) electrons. The Morgan fingerprint density at radius 3 is 2.73 bits per heavy atom. The normalized spacial score (nSPS) is 19.3. The van der Waals surface area contributed by atoms with Crippen molar-refractivity contribution in [3.63, 3.8) is 0 Å². The highest BCUT2D eigenvalue weighted by atomic mass is 16.4. The maximum atomic E-state index is 11.0. The van der Waals surface area contributed by atoms with E-state index < -0.39 is 12.0 Å². The van der Waals surface area contributed by atoms with Crippen LogP contribution in [0.25, 0.3) is 0 Å². The summed E-state index contributed by atoms with van der Waals surface area (Å²) in [5, 5.41) is 12.1. The molecule has 2 N–H and O–H groups in total. The zero-order chi connectivity index (χ0) is 11.3. The maximum absolute atomic E-state index is 11.0. The molecule has 1 aliphatic rings. The van der Waals surface area contributed by atoms with Crippen LogP contribution in [0.15, 0.2) is 4.99 Å². The summed E-state index contributed by atoms with van der Waals surface area (Å²) in [6, 6.07) is -0.512. The van der Waals surface area contributed by atoms with Crippen LogP contribution in [0, 0.1) is 5.92 Å². The second-order valence-corrected chi connectivity index (χ2v) is 4.34. The summed E-state index contributed by atoms with van der Waals surface area (Å²) in [4.78, 5) is 15.4. The zero-order valence-electron chi connectivity index (χ0n) is 9.49. The van der Waals surface area contributed by atoms with Gasteiger partial charge in [0, 0.05) is 13.0 Å². The van der Waals surface area contributed by atoms with Gasteiger partial charge in [0.15, 0.2) is 0 Å².